The maximum Gasteiger partial charge on any atom is 0.178 e. The van der Waals surface area contributed by atoms with Crippen LogP contribution in [0.1, 0.15) is 6.92 Å². The molecule has 1 rings (SSSR count). The van der Waals surface area contributed by atoms with Crippen LogP contribution in [-0.2, 0) is 16.4 Å². The molecule has 0 saturated heterocycles. The summed E-state index contributed by atoms with van der Waals surface area (Å²) in [6.45, 7) is 1.91. The molecule has 5 nitrogen and oxygen atoms in total. The fourth-order valence-electron chi connectivity index (χ4n) is 0.907. The lowest BCUT2D eigenvalue weighted by Crippen LogP contribution is -2.11. The summed E-state index contributed by atoms with van der Waals surface area (Å²) in [7, 11) is -3.18. The van der Waals surface area contributed by atoms with Crippen LogP contribution in [0.5, 0.6) is 0 Å². The van der Waals surface area contributed by atoms with Crippen LogP contribution in [0.4, 0.5) is 0 Å². The predicted octanol–water partition coefficient (Wildman–Crippen LogP) is -0.333. The number of sulfone groups is 1. The third kappa shape index (κ3) is 2.82. The Kier molecular flexibility index (Phi) is 2.72. The van der Waals surface area contributed by atoms with Crippen molar-refractivity contribution in [3.05, 3.63) is 12.4 Å². The van der Waals surface area contributed by atoms with E-state index >= 15 is 0 Å². The van der Waals surface area contributed by atoms with E-state index in [2.05, 4.69) is 5.10 Å². The Morgan fingerprint density at radius 2 is 2.31 bits per heavy atom. The quantitative estimate of drug-likeness (QED) is 0.731. The molecule has 1 heterocycles. The molecular weight excluding hydrogens is 192 g/mol. The van der Waals surface area contributed by atoms with E-state index in [0.717, 1.165) is 6.26 Å². The van der Waals surface area contributed by atoms with Crippen LogP contribution in [0.25, 0.3) is 0 Å². The Morgan fingerprint density at radius 1 is 1.69 bits per heavy atom. The molecule has 0 amide bonds. The van der Waals surface area contributed by atoms with Crippen molar-refractivity contribution >= 4 is 9.84 Å². The second-order valence-electron chi connectivity index (χ2n) is 3.02. The molecule has 74 valence electrons. The highest BCUT2D eigenvalue weighted by molar-refractivity contribution is 7.90. The largest absolute Gasteiger partial charge is 0.391 e. The highest BCUT2D eigenvalue weighted by Crippen LogP contribution is 2.06. The maximum atomic E-state index is 11.0. The lowest BCUT2D eigenvalue weighted by atomic mass is 10.4. The van der Waals surface area contributed by atoms with Crippen LogP contribution in [0, 0.1) is 0 Å². The summed E-state index contributed by atoms with van der Waals surface area (Å²) < 4.78 is 23.4. The molecule has 1 unspecified atom stereocenters. The van der Waals surface area contributed by atoms with E-state index in [1.165, 1.54) is 17.1 Å². The van der Waals surface area contributed by atoms with Gasteiger partial charge in [-0.2, -0.15) is 5.10 Å². The van der Waals surface area contributed by atoms with Gasteiger partial charge in [0, 0.05) is 12.5 Å². The normalized spacial score (nSPS) is 14.4. The topological polar surface area (TPSA) is 72.2 Å². The summed E-state index contributed by atoms with van der Waals surface area (Å²) in [5.74, 6) is 0. The van der Waals surface area contributed by atoms with Crippen molar-refractivity contribution in [1.29, 1.82) is 0 Å². The number of aromatic nitrogens is 2. The Morgan fingerprint density at radius 3 is 2.69 bits per heavy atom. The summed E-state index contributed by atoms with van der Waals surface area (Å²) in [6, 6.07) is 0. The molecule has 0 fully saturated rings. The molecular formula is C7H12N2O3S. The van der Waals surface area contributed by atoms with Crippen LogP contribution in [0.3, 0.4) is 0 Å². The van der Waals surface area contributed by atoms with Crippen molar-refractivity contribution in [2.75, 3.05) is 6.26 Å². The number of aliphatic hydroxyl groups excluding tert-OH is 1. The minimum absolute atomic E-state index is 0.174. The first-order valence-corrected chi connectivity index (χ1v) is 5.69. The van der Waals surface area contributed by atoms with Crippen LogP contribution < -0.4 is 0 Å². The smallest absolute Gasteiger partial charge is 0.178 e. The van der Waals surface area contributed by atoms with Crippen LogP contribution >= 0.6 is 0 Å². The van der Waals surface area contributed by atoms with E-state index < -0.39 is 15.9 Å². The minimum atomic E-state index is -3.18. The number of hydrogen-bond acceptors (Lipinski definition) is 4. The van der Waals surface area contributed by atoms with Crippen molar-refractivity contribution in [3.63, 3.8) is 0 Å². The van der Waals surface area contributed by atoms with Crippen molar-refractivity contribution in [2.45, 2.75) is 24.5 Å². The van der Waals surface area contributed by atoms with Gasteiger partial charge in [0.15, 0.2) is 9.84 Å². The Labute approximate surface area is 76.9 Å². The van der Waals surface area contributed by atoms with Crippen molar-refractivity contribution < 1.29 is 13.5 Å². The van der Waals surface area contributed by atoms with Crippen molar-refractivity contribution in [3.8, 4) is 0 Å². The summed E-state index contributed by atoms with van der Waals surface area (Å²) in [5, 5.41) is 12.8. The van der Waals surface area contributed by atoms with E-state index in [1.807, 2.05) is 0 Å². The third-order valence-corrected chi connectivity index (χ3v) is 2.56. The molecule has 1 aromatic heterocycles. The second kappa shape index (κ2) is 3.47. The van der Waals surface area contributed by atoms with E-state index in [-0.39, 0.29) is 4.90 Å². The van der Waals surface area contributed by atoms with Gasteiger partial charge >= 0.3 is 0 Å². The van der Waals surface area contributed by atoms with Gasteiger partial charge in [0.25, 0.3) is 0 Å². The van der Waals surface area contributed by atoms with E-state index in [9.17, 15) is 8.42 Å². The molecule has 1 N–H and O–H groups in total. The predicted molar refractivity (Wildman–Crippen MR) is 47.0 cm³/mol. The number of aliphatic hydroxyl groups is 1. The van der Waals surface area contributed by atoms with Gasteiger partial charge in [0.05, 0.1) is 18.8 Å². The molecule has 6 heteroatoms. The van der Waals surface area contributed by atoms with E-state index in [1.54, 1.807) is 6.92 Å². The lowest BCUT2D eigenvalue weighted by molar-refractivity contribution is 0.168. The van der Waals surface area contributed by atoms with Gasteiger partial charge in [-0.1, -0.05) is 0 Å². The summed E-state index contributed by atoms with van der Waals surface area (Å²) >= 11 is 0. The number of hydrogen-bond donors (Lipinski definition) is 1. The Balaban J connectivity index is 2.88. The molecule has 0 aliphatic rings. The standard InChI is InChI=1S/C7H12N2O3S/c1-6(10)4-9-5-7(3-8-9)13(2,11)12/h3,5-6,10H,4H2,1-2H3. The van der Waals surface area contributed by atoms with Gasteiger partial charge in [0.1, 0.15) is 4.90 Å². The number of nitrogens with zero attached hydrogens (tertiary/aromatic N) is 2. The SMILES string of the molecule is CC(O)Cn1cc(S(C)(=O)=O)cn1. The Bertz CT molecular complexity index is 380. The van der Waals surface area contributed by atoms with Crippen LogP contribution in [-0.4, -0.2) is 35.7 Å². The molecule has 0 aromatic carbocycles. The zero-order chi connectivity index (χ0) is 10.1. The maximum absolute atomic E-state index is 11.0. The third-order valence-electron chi connectivity index (χ3n) is 1.49. The molecule has 0 aliphatic carbocycles. The highest BCUT2D eigenvalue weighted by atomic mass is 32.2. The van der Waals surface area contributed by atoms with Gasteiger partial charge in [-0.3, -0.25) is 4.68 Å². The fraction of sp³-hybridized carbons (Fsp3) is 0.571. The molecule has 0 aliphatic heterocycles. The average molecular weight is 204 g/mol. The first kappa shape index (κ1) is 10.2. The lowest BCUT2D eigenvalue weighted by Gasteiger charge is -2.02. The fourth-order valence-corrected chi connectivity index (χ4v) is 1.46. The molecule has 0 saturated carbocycles. The van der Waals surface area contributed by atoms with Gasteiger partial charge < -0.3 is 5.11 Å². The number of rotatable bonds is 3. The zero-order valence-electron chi connectivity index (χ0n) is 7.51. The van der Waals surface area contributed by atoms with Gasteiger partial charge in [-0.25, -0.2) is 8.42 Å². The first-order chi connectivity index (χ1) is 5.89. The molecule has 13 heavy (non-hydrogen) atoms. The monoisotopic (exact) mass is 204 g/mol. The summed E-state index contributed by atoms with van der Waals surface area (Å²) in [4.78, 5) is 0.174. The van der Waals surface area contributed by atoms with Crippen LogP contribution in [0.15, 0.2) is 17.3 Å². The molecule has 0 spiro atoms. The highest BCUT2D eigenvalue weighted by Gasteiger charge is 2.10. The zero-order valence-corrected chi connectivity index (χ0v) is 8.32. The van der Waals surface area contributed by atoms with Crippen molar-refractivity contribution in [2.24, 2.45) is 0 Å². The van der Waals surface area contributed by atoms with Crippen LogP contribution in [0.2, 0.25) is 0 Å². The Hall–Kier alpha value is -0.880. The van der Waals surface area contributed by atoms with Gasteiger partial charge in [0.2, 0.25) is 0 Å². The minimum Gasteiger partial charge on any atom is -0.391 e. The van der Waals surface area contributed by atoms with Gasteiger partial charge in [-0.15, -0.1) is 0 Å². The summed E-state index contributed by atoms with van der Waals surface area (Å²) in [5.41, 5.74) is 0. The van der Waals surface area contributed by atoms with Crippen molar-refractivity contribution in [1.82, 2.24) is 9.78 Å². The molecule has 0 bridgehead atoms. The molecule has 0 radical (unpaired) electrons. The molecule has 1 atom stereocenters. The van der Waals surface area contributed by atoms with E-state index in [4.69, 9.17) is 5.11 Å². The van der Waals surface area contributed by atoms with Gasteiger partial charge in [-0.05, 0) is 6.92 Å². The second-order valence-corrected chi connectivity index (χ2v) is 5.04. The van der Waals surface area contributed by atoms with E-state index in [0.29, 0.717) is 6.54 Å². The molecule has 1 aromatic rings. The summed E-state index contributed by atoms with van der Waals surface area (Å²) in [6.07, 6.45) is 3.27. The first-order valence-electron chi connectivity index (χ1n) is 3.80. The average Bonchev–Trinajstić information content (AvgIpc) is 2.32.